The number of thiophene rings is 2. The van der Waals surface area contributed by atoms with E-state index in [0.717, 1.165) is 11.3 Å². The van der Waals surface area contributed by atoms with Crippen molar-refractivity contribution in [3.63, 3.8) is 0 Å². The summed E-state index contributed by atoms with van der Waals surface area (Å²) in [6, 6.07) is 4.21. The first kappa shape index (κ1) is 14.4. The lowest BCUT2D eigenvalue weighted by atomic mass is 9.82. The molecule has 1 aliphatic rings. The molecule has 2 aromatic heterocycles. The van der Waals surface area contributed by atoms with Gasteiger partial charge in [-0.1, -0.05) is 0 Å². The smallest absolute Gasteiger partial charge is 0.248 e. The van der Waals surface area contributed by atoms with E-state index >= 15 is 0 Å². The van der Waals surface area contributed by atoms with Crippen LogP contribution in [0.4, 0.5) is 8.78 Å². The number of hydrogen-bond donors (Lipinski definition) is 2. The van der Waals surface area contributed by atoms with Crippen molar-refractivity contribution in [1.29, 1.82) is 0 Å². The maximum Gasteiger partial charge on any atom is 0.248 e. The van der Waals surface area contributed by atoms with Gasteiger partial charge in [0, 0.05) is 27.1 Å². The van der Waals surface area contributed by atoms with Crippen LogP contribution in [-0.4, -0.2) is 5.92 Å². The molecule has 110 valence electrons. The molecule has 6 heteroatoms. The minimum atomic E-state index is -2.49. The number of alkyl halides is 2. The van der Waals surface area contributed by atoms with Gasteiger partial charge in [0.25, 0.3) is 0 Å². The van der Waals surface area contributed by atoms with E-state index in [1.165, 1.54) is 9.40 Å². The number of rotatable bonds is 4. The highest BCUT2D eigenvalue weighted by molar-refractivity contribution is 7.26. The number of fused-ring (bicyclic) bond motifs is 1. The minimum absolute atomic E-state index is 0.00488. The quantitative estimate of drug-likeness (QED) is 0.635. The average Bonchev–Trinajstić information content (AvgIpc) is 2.95. The summed E-state index contributed by atoms with van der Waals surface area (Å²) < 4.78 is 29.5. The number of halogens is 2. The first-order chi connectivity index (χ1) is 9.57. The Morgan fingerprint density at radius 2 is 2.30 bits per heavy atom. The summed E-state index contributed by atoms with van der Waals surface area (Å²) in [5.41, 5.74) is 2.81. The van der Waals surface area contributed by atoms with Gasteiger partial charge in [-0.3, -0.25) is 11.3 Å². The van der Waals surface area contributed by atoms with Crippen molar-refractivity contribution >= 4 is 32.1 Å². The number of nitrogens with two attached hydrogens (primary N) is 1. The zero-order valence-electron chi connectivity index (χ0n) is 11.1. The standard InChI is InChI=1S/C14H18F2N2S2/c15-14(16)4-1-2-9(8-14)6-10(18-17)12-7-13-11(20-12)3-5-19-13/h3,5,7,9-10,18H,1-2,4,6,8,17H2. The normalized spacial score (nSPS) is 24.1. The third-order valence-corrected chi connectivity index (χ3v) is 6.22. The first-order valence-electron chi connectivity index (χ1n) is 6.88. The average molecular weight is 316 g/mol. The molecule has 2 heterocycles. The maximum atomic E-state index is 13.5. The van der Waals surface area contributed by atoms with Crippen LogP contribution in [0.15, 0.2) is 17.5 Å². The van der Waals surface area contributed by atoms with Crippen LogP contribution in [0.5, 0.6) is 0 Å². The largest absolute Gasteiger partial charge is 0.271 e. The molecule has 1 saturated carbocycles. The van der Waals surface area contributed by atoms with E-state index in [4.69, 9.17) is 5.84 Å². The maximum absolute atomic E-state index is 13.5. The Kier molecular flexibility index (Phi) is 4.08. The molecule has 0 bridgehead atoms. The molecule has 0 aromatic carbocycles. The minimum Gasteiger partial charge on any atom is -0.271 e. The van der Waals surface area contributed by atoms with Crippen molar-refractivity contribution in [2.75, 3.05) is 0 Å². The van der Waals surface area contributed by atoms with Gasteiger partial charge in [-0.15, -0.1) is 22.7 Å². The topological polar surface area (TPSA) is 38.0 Å². The van der Waals surface area contributed by atoms with Crippen molar-refractivity contribution in [3.8, 4) is 0 Å². The lowest BCUT2D eigenvalue weighted by molar-refractivity contribution is -0.0548. The molecular weight excluding hydrogens is 298 g/mol. The molecule has 2 nitrogen and oxygen atoms in total. The van der Waals surface area contributed by atoms with Crippen molar-refractivity contribution in [2.45, 2.75) is 44.1 Å². The zero-order valence-corrected chi connectivity index (χ0v) is 12.7. The molecule has 2 aromatic rings. The van der Waals surface area contributed by atoms with E-state index in [1.807, 2.05) is 0 Å². The van der Waals surface area contributed by atoms with Crippen LogP contribution in [0.3, 0.4) is 0 Å². The second-order valence-electron chi connectivity index (χ2n) is 5.57. The molecule has 2 unspecified atom stereocenters. The van der Waals surface area contributed by atoms with Crippen LogP contribution < -0.4 is 11.3 Å². The molecule has 3 rings (SSSR count). The van der Waals surface area contributed by atoms with Crippen molar-refractivity contribution in [3.05, 3.63) is 22.4 Å². The van der Waals surface area contributed by atoms with Crippen LogP contribution in [0.2, 0.25) is 0 Å². The highest BCUT2D eigenvalue weighted by Gasteiger charge is 2.37. The van der Waals surface area contributed by atoms with E-state index in [2.05, 4.69) is 22.9 Å². The van der Waals surface area contributed by atoms with Crippen molar-refractivity contribution < 1.29 is 8.78 Å². The SMILES string of the molecule is NNC(CC1CCCC(F)(F)C1)c1cc2sccc2s1. The Morgan fingerprint density at radius 1 is 1.45 bits per heavy atom. The summed E-state index contributed by atoms with van der Waals surface area (Å²) in [6.07, 6.45) is 2.24. The van der Waals surface area contributed by atoms with Gasteiger partial charge in [-0.05, 0) is 42.7 Å². The molecule has 3 N–H and O–H groups in total. The summed E-state index contributed by atoms with van der Waals surface area (Å²) >= 11 is 3.41. The second-order valence-corrected chi connectivity index (χ2v) is 7.63. The van der Waals surface area contributed by atoms with Gasteiger partial charge in [0.1, 0.15) is 0 Å². The molecular formula is C14H18F2N2S2. The van der Waals surface area contributed by atoms with E-state index in [9.17, 15) is 8.78 Å². The van der Waals surface area contributed by atoms with Gasteiger partial charge >= 0.3 is 0 Å². The van der Waals surface area contributed by atoms with E-state index in [1.54, 1.807) is 22.7 Å². The summed E-state index contributed by atoms with van der Waals surface area (Å²) in [7, 11) is 0. The Hall–Kier alpha value is -0.560. The summed E-state index contributed by atoms with van der Waals surface area (Å²) in [4.78, 5) is 1.16. The van der Waals surface area contributed by atoms with Gasteiger partial charge in [-0.2, -0.15) is 0 Å². The van der Waals surface area contributed by atoms with Gasteiger partial charge in [-0.25, -0.2) is 8.78 Å². The predicted molar refractivity (Wildman–Crippen MR) is 81.3 cm³/mol. The molecule has 0 spiro atoms. The van der Waals surface area contributed by atoms with Crippen molar-refractivity contribution in [2.24, 2.45) is 11.8 Å². The first-order valence-corrected chi connectivity index (χ1v) is 8.58. The molecule has 20 heavy (non-hydrogen) atoms. The fourth-order valence-electron chi connectivity index (χ4n) is 3.03. The van der Waals surface area contributed by atoms with Crippen molar-refractivity contribution in [1.82, 2.24) is 5.43 Å². The fraction of sp³-hybridized carbons (Fsp3) is 0.571. The van der Waals surface area contributed by atoms with E-state index in [0.29, 0.717) is 12.8 Å². The molecule has 0 amide bonds. The molecule has 0 saturated heterocycles. The van der Waals surface area contributed by atoms with Crippen LogP contribution in [0.25, 0.3) is 9.40 Å². The Bertz CT molecular complexity index is 550. The molecule has 2 atom stereocenters. The predicted octanol–water partition coefficient (Wildman–Crippen LogP) is 4.68. The van der Waals surface area contributed by atoms with E-state index < -0.39 is 5.92 Å². The number of hydrogen-bond acceptors (Lipinski definition) is 4. The molecule has 1 fully saturated rings. The van der Waals surface area contributed by atoms with Crippen LogP contribution in [-0.2, 0) is 0 Å². The lowest BCUT2D eigenvalue weighted by Crippen LogP contribution is -2.32. The monoisotopic (exact) mass is 316 g/mol. The van der Waals surface area contributed by atoms with Crippen LogP contribution >= 0.6 is 22.7 Å². The third-order valence-electron chi connectivity index (χ3n) is 4.01. The number of nitrogens with one attached hydrogen (secondary N) is 1. The second kappa shape index (κ2) is 5.67. The molecule has 0 aliphatic heterocycles. The summed E-state index contributed by atoms with van der Waals surface area (Å²) in [5.74, 6) is 3.22. The highest BCUT2D eigenvalue weighted by Crippen LogP contribution is 2.42. The van der Waals surface area contributed by atoms with Crippen LogP contribution in [0, 0.1) is 5.92 Å². The highest BCUT2D eigenvalue weighted by atomic mass is 32.1. The summed E-state index contributed by atoms with van der Waals surface area (Å²) in [5, 5.41) is 2.07. The molecule has 1 aliphatic carbocycles. The Morgan fingerprint density at radius 3 is 3.00 bits per heavy atom. The van der Waals surface area contributed by atoms with Crippen LogP contribution in [0.1, 0.15) is 43.0 Å². The zero-order chi connectivity index (χ0) is 14.2. The lowest BCUT2D eigenvalue weighted by Gasteiger charge is -2.31. The Labute approximate surface area is 124 Å². The van der Waals surface area contributed by atoms with Gasteiger partial charge in [0.15, 0.2) is 0 Å². The fourth-order valence-corrected chi connectivity index (χ4v) is 5.23. The summed E-state index contributed by atoms with van der Waals surface area (Å²) in [6.45, 7) is 0. The Balaban J connectivity index is 1.72. The van der Waals surface area contributed by atoms with Gasteiger partial charge in [0.2, 0.25) is 5.92 Å². The van der Waals surface area contributed by atoms with E-state index in [-0.39, 0.29) is 24.8 Å². The number of hydrazine groups is 1. The van der Waals surface area contributed by atoms with Gasteiger partial charge in [0.05, 0.1) is 6.04 Å². The van der Waals surface area contributed by atoms with Gasteiger partial charge < -0.3 is 0 Å². The third kappa shape index (κ3) is 3.03. The molecule has 0 radical (unpaired) electrons.